The van der Waals surface area contributed by atoms with Crippen LogP contribution in [0.3, 0.4) is 0 Å². The number of aromatic nitrogens is 1. The van der Waals surface area contributed by atoms with Gasteiger partial charge in [-0.3, -0.25) is 4.79 Å². The molecule has 4 aromatic rings. The number of carbonyl (C=O) groups excluding carboxylic acids is 1. The number of nitrogens with zero attached hydrogens (tertiary/aromatic N) is 2. The molecule has 1 amide bonds. The first-order valence-electron chi connectivity index (χ1n) is 10.6. The minimum atomic E-state index is -0.329. The number of hydrogen-bond donors (Lipinski definition) is 1. The number of rotatable bonds is 7. The van der Waals surface area contributed by atoms with Crippen LogP contribution in [-0.2, 0) is 4.79 Å². The first kappa shape index (κ1) is 22.4. The second-order valence-corrected chi connectivity index (χ2v) is 8.05. The highest BCUT2D eigenvalue weighted by atomic mass is 35.5. The second-order valence-electron chi connectivity index (χ2n) is 7.61. The van der Waals surface area contributed by atoms with E-state index in [1.165, 1.54) is 0 Å². The number of aryl methyl sites for hydroxylation is 1. The largest absolute Gasteiger partial charge is 0.484 e. The highest BCUT2D eigenvalue weighted by Crippen LogP contribution is 2.23. The van der Waals surface area contributed by atoms with Crippen LogP contribution in [-0.4, -0.2) is 23.3 Å². The van der Waals surface area contributed by atoms with Crippen LogP contribution in [0.15, 0.2) is 90.0 Å². The summed E-state index contributed by atoms with van der Waals surface area (Å²) in [6.45, 7) is 3.91. The Morgan fingerprint density at radius 1 is 0.970 bits per heavy atom. The Labute approximate surface area is 198 Å². The van der Waals surface area contributed by atoms with E-state index in [-0.39, 0.29) is 12.5 Å². The maximum atomic E-state index is 12.1. The van der Waals surface area contributed by atoms with Crippen LogP contribution in [0.1, 0.15) is 17.0 Å². The van der Waals surface area contributed by atoms with Gasteiger partial charge in [0.15, 0.2) is 6.61 Å². The van der Waals surface area contributed by atoms with Crippen molar-refractivity contribution in [3.8, 4) is 22.6 Å². The molecule has 3 aromatic carbocycles. The highest BCUT2D eigenvalue weighted by Gasteiger charge is 2.10. The topological polar surface area (TPSA) is 55.6 Å². The van der Waals surface area contributed by atoms with E-state index in [0.29, 0.717) is 10.8 Å². The first-order valence-corrected chi connectivity index (χ1v) is 10.9. The number of hydrazone groups is 1. The van der Waals surface area contributed by atoms with E-state index in [0.717, 1.165) is 33.8 Å². The Balaban J connectivity index is 1.32. The van der Waals surface area contributed by atoms with Crippen LogP contribution < -0.4 is 10.2 Å². The Morgan fingerprint density at radius 2 is 1.64 bits per heavy atom. The zero-order valence-corrected chi connectivity index (χ0v) is 19.2. The minimum absolute atomic E-state index is 0.119. The molecule has 1 N–H and O–H groups in total. The molecule has 0 aliphatic rings. The van der Waals surface area contributed by atoms with Crippen LogP contribution in [0.2, 0.25) is 5.02 Å². The molecule has 0 saturated heterocycles. The molecule has 0 fully saturated rings. The van der Waals surface area contributed by atoms with Crippen LogP contribution in [0, 0.1) is 13.8 Å². The van der Waals surface area contributed by atoms with Gasteiger partial charge in [-0.05, 0) is 67.4 Å². The molecule has 0 bridgehead atoms. The van der Waals surface area contributed by atoms with Crippen molar-refractivity contribution in [1.29, 1.82) is 0 Å². The molecule has 0 atom stereocenters. The van der Waals surface area contributed by atoms with Crippen molar-refractivity contribution in [2.75, 3.05) is 6.61 Å². The van der Waals surface area contributed by atoms with Gasteiger partial charge in [0.05, 0.1) is 6.21 Å². The summed E-state index contributed by atoms with van der Waals surface area (Å²) in [6, 6.07) is 27.4. The van der Waals surface area contributed by atoms with E-state index in [9.17, 15) is 4.79 Å². The number of halogens is 1. The van der Waals surface area contributed by atoms with Crippen LogP contribution in [0.5, 0.6) is 5.75 Å². The summed E-state index contributed by atoms with van der Waals surface area (Å²) in [4.78, 5) is 12.1. The predicted molar refractivity (Wildman–Crippen MR) is 133 cm³/mol. The van der Waals surface area contributed by atoms with Crippen molar-refractivity contribution in [2.24, 2.45) is 5.10 Å². The molecule has 166 valence electrons. The summed E-state index contributed by atoms with van der Waals surface area (Å²) >= 11 is 6.00. The lowest BCUT2D eigenvalue weighted by Gasteiger charge is -2.09. The highest BCUT2D eigenvalue weighted by molar-refractivity contribution is 6.30. The number of benzene rings is 3. The van der Waals surface area contributed by atoms with Crippen LogP contribution in [0.25, 0.3) is 16.8 Å². The fraction of sp³-hybridized carbons (Fsp3) is 0.111. The third-order valence-corrected chi connectivity index (χ3v) is 5.53. The van der Waals surface area contributed by atoms with Crippen molar-refractivity contribution in [2.45, 2.75) is 13.8 Å². The summed E-state index contributed by atoms with van der Waals surface area (Å²) in [5, 5.41) is 4.79. The monoisotopic (exact) mass is 457 g/mol. The Kier molecular flexibility index (Phi) is 6.91. The van der Waals surface area contributed by atoms with Gasteiger partial charge in [-0.25, -0.2) is 5.43 Å². The van der Waals surface area contributed by atoms with Crippen LogP contribution >= 0.6 is 11.6 Å². The van der Waals surface area contributed by atoms with Crippen LogP contribution in [0.4, 0.5) is 0 Å². The summed E-state index contributed by atoms with van der Waals surface area (Å²) in [5.41, 5.74) is 8.75. The SMILES string of the molecule is Cc1cc(/C=N/NC(=O)COc2ccc(-c3ccccc3)cc2)c(C)n1-c1ccc(Cl)cc1. The third kappa shape index (κ3) is 5.51. The van der Waals surface area contributed by atoms with E-state index < -0.39 is 0 Å². The lowest BCUT2D eigenvalue weighted by molar-refractivity contribution is -0.123. The minimum Gasteiger partial charge on any atom is -0.484 e. The first-order chi connectivity index (χ1) is 16.0. The fourth-order valence-corrected chi connectivity index (χ4v) is 3.76. The molecule has 0 saturated carbocycles. The predicted octanol–water partition coefficient (Wildman–Crippen LogP) is 5.94. The summed E-state index contributed by atoms with van der Waals surface area (Å²) in [6.07, 6.45) is 1.64. The standard InChI is InChI=1S/C27H24ClN3O2/c1-19-16-23(20(2)31(19)25-12-10-24(28)11-13-25)17-29-30-27(32)18-33-26-14-8-22(9-15-26)21-6-4-3-5-7-21/h3-17H,18H2,1-2H3,(H,30,32)/b29-17+. The van der Waals surface area contributed by atoms with E-state index in [2.05, 4.69) is 15.1 Å². The smallest absolute Gasteiger partial charge is 0.277 e. The summed E-state index contributed by atoms with van der Waals surface area (Å²) < 4.78 is 7.69. The molecular formula is C27H24ClN3O2. The maximum Gasteiger partial charge on any atom is 0.277 e. The number of hydrogen-bond acceptors (Lipinski definition) is 3. The molecule has 1 aromatic heterocycles. The van der Waals surface area contributed by atoms with Gasteiger partial charge in [0.25, 0.3) is 5.91 Å². The number of ether oxygens (including phenoxy) is 1. The van der Waals surface area contributed by atoms with Crippen molar-refractivity contribution in [3.05, 3.63) is 107 Å². The van der Waals surface area contributed by atoms with E-state index in [4.69, 9.17) is 16.3 Å². The van der Waals surface area contributed by atoms with Gasteiger partial charge in [-0.1, -0.05) is 54.1 Å². The lowest BCUT2D eigenvalue weighted by atomic mass is 10.1. The Hall–Kier alpha value is -3.83. The van der Waals surface area contributed by atoms with E-state index in [1.807, 2.05) is 98.8 Å². The normalized spacial score (nSPS) is 11.0. The Bertz CT molecular complexity index is 1260. The van der Waals surface area contributed by atoms with Gasteiger partial charge in [-0.15, -0.1) is 0 Å². The van der Waals surface area contributed by atoms with Gasteiger partial charge in [0.2, 0.25) is 0 Å². The van der Waals surface area contributed by atoms with E-state index in [1.54, 1.807) is 6.21 Å². The average Bonchev–Trinajstić information content (AvgIpc) is 3.12. The number of amides is 1. The molecule has 0 spiro atoms. The third-order valence-electron chi connectivity index (χ3n) is 5.28. The molecule has 6 heteroatoms. The van der Waals surface area contributed by atoms with Gasteiger partial charge in [0, 0.05) is 27.7 Å². The van der Waals surface area contributed by atoms with Crippen molar-refractivity contribution in [1.82, 2.24) is 9.99 Å². The van der Waals surface area contributed by atoms with Gasteiger partial charge in [-0.2, -0.15) is 5.10 Å². The maximum absolute atomic E-state index is 12.1. The number of nitrogens with one attached hydrogen (secondary N) is 1. The fourth-order valence-electron chi connectivity index (χ4n) is 3.63. The molecule has 33 heavy (non-hydrogen) atoms. The number of carbonyl (C=O) groups is 1. The van der Waals surface area contributed by atoms with Crippen molar-refractivity contribution in [3.63, 3.8) is 0 Å². The molecule has 0 radical (unpaired) electrons. The molecular weight excluding hydrogens is 434 g/mol. The molecule has 5 nitrogen and oxygen atoms in total. The Morgan fingerprint density at radius 3 is 2.33 bits per heavy atom. The quantitative estimate of drug-likeness (QED) is 0.275. The lowest BCUT2D eigenvalue weighted by Crippen LogP contribution is -2.24. The van der Waals surface area contributed by atoms with Gasteiger partial charge >= 0.3 is 0 Å². The molecule has 0 aliphatic carbocycles. The zero-order valence-electron chi connectivity index (χ0n) is 18.5. The molecule has 1 heterocycles. The summed E-state index contributed by atoms with van der Waals surface area (Å²) in [5.74, 6) is 0.296. The summed E-state index contributed by atoms with van der Waals surface area (Å²) in [7, 11) is 0. The van der Waals surface area contributed by atoms with Crippen molar-refractivity contribution < 1.29 is 9.53 Å². The zero-order chi connectivity index (χ0) is 23.2. The van der Waals surface area contributed by atoms with Crippen molar-refractivity contribution >= 4 is 23.7 Å². The average molecular weight is 458 g/mol. The second kappa shape index (κ2) is 10.2. The van der Waals surface area contributed by atoms with E-state index >= 15 is 0 Å². The van der Waals surface area contributed by atoms with Gasteiger partial charge < -0.3 is 9.30 Å². The molecule has 0 aliphatic heterocycles. The molecule has 4 rings (SSSR count). The van der Waals surface area contributed by atoms with Gasteiger partial charge in [0.1, 0.15) is 5.75 Å². The molecule has 0 unspecified atom stereocenters.